The molecule has 0 bridgehead atoms. The predicted octanol–water partition coefficient (Wildman–Crippen LogP) is 3.71. The fraction of sp³-hybridized carbons (Fsp3) is 0.211. The summed E-state index contributed by atoms with van der Waals surface area (Å²) in [5.74, 6) is -0.409. The van der Waals surface area contributed by atoms with Crippen LogP contribution in [0.25, 0.3) is 0 Å². The fourth-order valence-electron chi connectivity index (χ4n) is 3.03. The number of amides is 3. The van der Waals surface area contributed by atoms with E-state index in [1.165, 1.54) is 0 Å². The molecule has 3 rings (SSSR count). The zero-order chi connectivity index (χ0) is 19.6. The van der Waals surface area contributed by atoms with Gasteiger partial charge in [-0.25, -0.2) is 4.79 Å². The van der Waals surface area contributed by atoms with Crippen LogP contribution in [0, 0.1) is 6.92 Å². The van der Waals surface area contributed by atoms with Crippen molar-refractivity contribution in [1.29, 1.82) is 0 Å². The minimum Gasteiger partial charge on any atom is -0.331 e. The summed E-state index contributed by atoms with van der Waals surface area (Å²) in [7, 11) is 0. The van der Waals surface area contributed by atoms with E-state index >= 15 is 0 Å². The number of halogens is 1. The summed E-state index contributed by atoms with van der Waals surface area (Å²) in [6.45, 7) is 3.69. The van der Waals surface area contributed by atoms with Crippen LogP contribution in [0.3, 0.4) is 0 Å². The van der Waals surface area contributed by atoms with Crippen molar-refractivity contribution < 1.29 is 9.59 Å². The first-order valence-corrected chi connectivity index (χ1v) is 9.22. The molecular weight excluding hydrogens is 384 g/mol. The topological polar surface area (TPSA) is 73.5 Å². The molecule has 3 amide bonds. The van der Waals surface area contributed by atoms with E-state index in [1.54, 1.807) is 18.2 Å². The Morgan fingerprint density at radius 1 is 1.19 bits per heavy atom. The van der Waals surface area contributed by atoms with Crippen LogP contribution in [0.1, 0.15) is 24.5 Å². The molecule has 1 saturated heterocycles. The molecule has 1 aliphatic heterocycles. The number of rotatable bonds is 4. The standard InChI is InChI=1S/C19H19ClN4O2S/c1-3-19(13-8-5-4-6-9-13)16(25)24(18(26)22-19)23-17(27)21-15-11-7-10-14(20)12(15)2/h4-11H,3H2,1-2H3,(H,22,26)(H2,21,23,27)/t19-/m1/s1. The van der Waals surface area contributed by atoms with Gasteiger partial charge in [0, 0.05) is 10.7 Å². The molecule has 27 heavy (non-hydrogen) atoms. The average Bonchev–Trinajstić information content (AvgIpc) is 2.91. The number of nitrogens with zero attached hydrogens (tertiary/aromatic N) is 1. The zero-order valence-electron chi connectivity index (χ0n) is 14.9. The molecule has 1 fully saturated rings. The number of urea groups is 1. The van der Waals surface area contributed by atoms with Crippen molar-refractivity contribution in [2.45, 2.75) is 25.8 Å². The summed E-state index contributed by atoms with van der Waals surface area (Å²) in [5, 5.41) is 7.37. The van der Waals surface area contributed by atoms with Crippen LogP contribution < -0.4 is 16.1 Å². The maximum atomic E-state index is 13.0. The second-order valence-electron chi connectivity index (χ2n) is 6.17. The van der Waals surface area contributed by atoms with Crippen LogP contribution in [0.5, 0.6) is 0 Å². The predicted molar refractivity (Wildman–Crippen MR) is 109 cm³/mol. The van der Waals surface area contributed by atoms with E-state index in [2.05, 4.69) is 16.1 Å². The quantitative estimate of drug-likeness (QED) is 0.537. The number of hydrogen-bond acceptors (Lipinski definition) is 3. The maximum absolute atomic E-state index is 13.0. The summed E-state index contributed by atoms with van der Waals surface area (Å²) < 4.78 is 0. The Hall–Kier alpha value is -2.64. The highest BCUT2D eigenvalue weighted by Gasteiger charge is 2.51. The summed E-state index contributed by atoms with van der Waals surface area (Å²) >= 11 is 11.4. The van der Waals surface area contributed by atoms with Gasteiger partial charge in [-0.2, -0.15) is 5.01 Å². The Balaban J connectivity index is 1.79. The lowest BCUT2D eigenvalue weighted by atomic mass is 9.87. The van der Waals surface area contributed by atoms with Crippen LogP contribution in [-0.2, 0) is 10.3 Å². The van der Waals surface area contributed by atoms with E-state index in [0.29, 0.717) is 17.1 Å². The third kappa shape index (κ3) is 3.48. The van der Waals surface area contributed by atoms with Crippen molar-refractivity contribution in [3.05, 3.63) is 64.7 Å². The molecule has 1 heterocycles. The van der Waals surface area contributed by atoms with Gasteiger partial charge < -0.3 is 10.6 Å². The smallest absolute Gasteiger partial charge is 0.331 e. The Kier molecular flexibility index (Phi) is 5.34. The Bertz CT molecular complexity index is 906. The van der Waals surface area contributed by atoms with Crippen molar-refractivity contribution in [2.75, 3.05) is 5.32 Å². The Morgan fingerprint density at radius 3 is 2.56 bits per heavy atom. The second-order valence-corrected chi connectivity index (χ2v) is 6.99. The first kappa shape index (κ1) is 19.1. The van der Waals surface area contributed by atoms with Crippen LogP contribution in [0.4, 0.5) is 10.5 Å². The second kappa shape index (κ2) is 7.54. The van der Waals surface area contributed by atoms with Crippen molar-refractivity contribution in [2.24, 2.45) is 0 Å². The van der Waals surface area contributed by atoms with Gasteiger partial charge in [0.2, 0.25) is 0 Å². The van der Waals surface area contributed by atoms with Gasteiger partial charge in [-0.1, -0.05) is 54.9 Å². The molecule has 0 spiro atoms. The van der Waals surface area contributed by atoms with E-state index in [1.807, 2.05) is 44.2 Å². The molecule has 3 N–H and O–H groups in total. The first-order chi connectivity index (χ1) is 12.9. The molecule has 0 radical (unpaired) electrons. The molecule has 1 aliphatic rings. The lowest BCUT2D eigenvalue weighted by Gasteiger charge is -2.26. The minimum atomic E-state index is -1.12. The Morgan fingerprint density at radius 2 is 1.89 bits per heavy atom. The molecule has 6 nitrogen and oxygen atoms in total. The van der Waals surface area contributed by atoms with Crippen molar-refractivity contribution in [3.8, 4) is 0 Å². The summed E-state index contributed by atoms with van der Waals surface area (Å²) in [6.07, 6.45) is 0.410. The highest BCUT2D eigenvalue weighted by molar-refractivity contribution is 7.80. The zero-order valence-corrected chi connectivity index (χ0v) is 16.4. The fourth-order valence-corrected chi connectivity index (χ4v) is 3.41. The van der Waals surface area contributed by atoms with Crippen molar-refractivity contribution >= 4 is 46.6 Å². The van der Waals surface area contributed by atoms with E-state index < -0.39 is 17.5 Å². The molecule has 2 aromatic rings. The average molecular weight is 403 g/mol. The molecule has 0 aliphatic carbocycles. The summed E-state index contributed by atoms with van der Waals surface area (Å²) in [6, 6.07) is 14.0. The van der Waals surface area contributed by atoms with E-state index in [0.717, 1.165) is 16.1 Å². The van der Waals surface area contributed by atoms with Gasteiger partial charge in [0.15, 0.2) is 5.11 Å². The van der Waals surface area contributed by atoms with Gasteiger partial charge in [0.25, 0.3) is 5.91 Å². The number of anilines is 1. The molecule has 0 unspecified atom stereocenters. The van der Waals surface area contributed by atoms with Gasteiger partial charge in [-0.15, -0.1) is 0 Å². The number of benzene rings is 2. The molecular formula is C19H19ClN4O2S. The number of thiocarbonyl (C=S) groups is 1. The largest absolute Gasteiger partial charge is 0.344 e. The molecule has 140 valence electrons. The van der Waals surface area contributed by atoms with Crippen LogP contribution in [0.15, 0.2) is 48.5 Å². The molecule has 1 atom stereocenters. The van der Waals surface area contributed by atoms with E-state index in [4.69, 9.17) is 23.8 Å². The number of nitrogens with one attached hydrogen (secondary N) is 3. The van der Waals surface area contributed by atoms with Crippen LogP contribution >= 0.6 is 23.8 Å². The number of carbonyl (C=O) groups excluding carboxylic acids is 2. The minimum absolute atomic E-state index is 0.115. The van der Waals surface area contributed by atoms with E-state index in [9.17, 15) is 9.59 Å². The first-order valence-electron chi connectivity index (χ1n) is 8.44. The number of carbonyl (C=O) groups is 2. The highest BCUT2D eigenvalue weighted by Crippen LogP contribution is 2.31. The van der Waals surface area contributed by atoms with E-state index in [-0.39, 0.29) is 5.11 Å². The number of imide groups is 1. The highest BCUT2D eigenvalue weighted by atomic mass is 35.5. The molecule has 2 aromatic carbocycles. The van der Waals surface area contributed by atoms with Crippen molar-refractivity contribution in [3.63, 3.8) is 0 Å². The third-order valence-electron chi connectivity index (χ3n) is 4.62. The third-order valence-corrected chi connectivity index (χ3v) is 5.22. The Labute approximate surface area is 167 Å². The SMILES string of the molecule is CC[C@]1(c2ccccc2)NC(=O)N(NC(=S)Nc2cccc(Cl)c2C)C1=O. The molecule has 0 saturated carbocycles. The maximum Gasteiger partial charge on any atom is 0.344 e. The lowest BCUT2D eigenvalue weighted by molar-refractivity contribution is -0.133. The van der Waals surface area contributed by atoms with Gasteiger partial charge in [-0.3, -0.25) is 10.2 Å². The summed E-state index contributed by atoms with van der Waals surface area (Å²) in [5.41, 5.74) is 3.79. The van der Waals surface area contributed by atoms with Crippen LogP contribution in [0.2, 0.25) is 5.02 Å². The number of hydrogen-bond donors (Lipinski definition) is 3. The van der Waals surface area contributed by atoms with Gasteiger partial charge in [0.1, 0.15) is 5.54 Å². The monoisotopic (exact) mass is 402 g/mol. The lowest BCUT2D eigenvalue weighted by Crippen LogP contribution is -2.49. The summed E-state index contributed by atoms with van der Waals surface area (Å²) in [4.78, 5) is 25.5. The van der Waals surface area contributed by atoms with Crippen LogP contribution in [-0.4, -0.2) is 22.1 Å². The van der Waals surface area contributed by atoms with Gasteiger partial charge >= 0.3 is 6.03 Å². The number of hydrazine groups is 1. The molecule has 0 aromatic heterocycles. The van der Waals surface area contributed by atoms with Gasteiger partial charge in [0.05, 0.1) is 0 Å². The molecule has 8 heteroatoms. The van der Waals surface area contributed by atoms with Gasteiger partial charge in [-0.05, 0) is 48.8 Å². The van der Waals surface area contributed by atoms with Crippen molar-refractivity contribution in [1.82, 2.24) is 15.8 Å². The normalized spacial score (nSPS) is 19.0.